The normalized spacial score (nSPS) is 9.00. The summed E-state index contributed by atoms with van der Waals surface area (Å²) in [7, 11) is 0. The van der Waals surface area contributed by atoms with Gasteiger partial charge in [-0.1, -0.05) is 23.4 Å². The zero-order chi connectivity index (χ0) is 11.3. The molecule has 0 aliphatic rings. The molecule has 0 spiro atoms. The van der Waals surface area contributed by atoms with Gasteiger partial charge >= 0.3 is 0 Å². The van der Waals surface area contributed by atoms with Gasteiger partial charge in [-0.25, -0.2) is 0 Å². The molecule has 0 unspecified atom stereocenters. The number of carbonyl (C=O) groups is 1. The first-order chi connectivity index (χ1) is 7.08. The Morgan fingerprint density at radius 3 is 2.80 bits per heavy atom. The zero-order valence-corrected chi connectivity index (χ0v) is 9.48. The van der Waals surface area contributed by atoms with Crippen LogP contribution in [0.5, 0.6) is 0 Å². The maximum atomic E-state index is 10.6. The van der Waals surface area contributed by atoms with Gasteiger partial charge in [0, 0.05) is 17.5 Å². The van der Waals surface area contributed by atoms with Gasteiger partial charge in [-0.15, -0.1) is 0 Å². The summed E-state index contributed by atoms with van der Waals surface area (Å²) in [4.78, 5) is 10.6. The maximum absolute atomic E-state index is 10.6. The van der Waals surface area contributed by atoms with Crippen LogP contribution in [0.4, 0.5) is 0 Å². The van der Waals surface area contributed by atoms with Crippen molar-refractivity contribution in [2.24, 2.45) is 0 Å². The van der Waals surface area contributed by atoms with E-state index in [4.69, 9.17) is 11.6 Å². The smallest absolute Gasteiger partial charge is 0.217 e. The number of amides is 1. The van der Waals surface area contributed by atoms with Crippen LogP contribution in [0.2, 0.25) is 5.02 Å². The topological polar surface area (TPSA) is 29.1 Å². The second kappa shape index (κ2) is 5.43. The lowest BCUT2D eigenvalue weighted by molar-refractivity contribution is -0.118. The molecular weight excluding hydrogens is 210 g/mol. The highest BCUT2D eigenvalue weighted by atomic mass is 35.5. The van der Waals surface area contributed by atoms with Gasteiger partial charge in [-0.05, 0) is 30.7 Å². The molecule has 0 aliphatic heterocycles. The Labute approximate surface area is 94.6 Å². The lowest BCUT2D eigenvalue weighted by Crippen LogP contribution is -2.19. The SMILES string of the molecule is CC(=O)NCC#Cc1cc(C)cc(Cl)c1. The van der Waals surface area contributed by atoms with Crippen molar-refractivity contribution in [3.05, 3.63) is 34.3 Å². The molecule has 78 valence electrons. The van der Waals surface area contributed by atoms with Gasteiger partial charge in [-0.2, -0.15) is 0 Å². The number of aryl methyl sites for hydroxylation is 1. The third-order valence-electron chi connectivity index (χ3n) is 1.70. The number of hydrogen-bond acceptors (Lipinski definition) is 1. The molecule has 1 aromatic rings. The minimum Gasteiger partial charge on any atom is -0.345 e. The van der Waals surface area contributed by atoms with E-state index in [9.17, 15) is 4.79 Å². The van der Waals surface area contributed by atoms with Crippen LogP contribution in [-0.4, -0.2) is 12.5 Å². The van der Waals surface area contributed by atoms with Crippen molar-refractivity contribution in [2.75, 3.05) is 6.54 Å². The van der Waals surface area contributed by atoms with Crippen LogP contribution in [0.1, 0.15) is 18.1 Å². The summed E-state index contributed by atoms with van der Waals surface area (Å²) in [6.45, 7) is 3.79. The Balaban J connectivity index is 2.67. The van der Waals surface area contributed by atoms with E-state index in [1.54, 1.807) is 6.07 Å². The van der Waals surface area contributed by atoms with Crippen molar-refractivity contribution < 1.29 is 4.79 Å². The molecule has 1 aromatic carbocycles. The average Bonchev–Trinajstić information content (AvgIpc) is 2.10. The van der Waals surface area contributed by atoms with E-state index in [1.165, 1.54) is 6.92 Å². The molecule has 0 aliphatic carbocycles. The summed E-state index contributed by atoms with van der Waals surface area (Å²) in [5.74, 6) is 5.70. The third kappa shape index (κ3) is 4.53. The van der Waals surface area contributed by atoms with Gasteiger partial charge in [0.25, 0.3) is 0 Å². The van der Waals surface area contributed by atoms with Gasteiger partial charge in [0.1, 0.15) is 0 Å². The number of carbonyl (C=O) groups excluding carboxylic acids is 1. The van der Waals surface area contributed by atoms with Crippen molar-refractivity contribution in [1.29, 1.82) is 0 Å². The highest BCUT2D eigenvalue weighted by Gasteiger charge is 1.93. The van der Waals surface area contributed by atoms with Crippen LogP contribution in [0.15, 0.2) is 18.2 Å². The maximum Gasteiger partial charge on any atom is 0.217 e. The first kappa shape index (κ1) is 11.6. The van der Waals surface area contributed by atoms with Crippen LogP contribution < -0.4 is 5.32 Å². The largest absolute Gasteiger partial charge is 0.345 e. The van der Waals surface area contributed by atoms with Crippen LogP contribution >= 0.6 is 11.6 Å². The standard InChI is InChI=1S/C12H12ClNO/c1-9-6-11(8-12(13)7-9)4-3-5-14-10(2)15/h6-8H,5H2,1-2H3,(H,14,15). The molecule has 0 heterocycles. The van der Waals surface area contributed by atoms with Crippen LogP contribution in [0.3, 0.4) is 0 Å². The Kier molecular flexibility index (Phi) is 4.20. The summed E-state index contributed by atoms with van der Waals surface area (Å²) < 4.78 is 0. The van der Waals surface area contributed by atoms with E-state index in [1.807, 2.05) is 19.1 Å². The molecule has 3 heteroatoms. The van der Waals surface area contributed by atoms with Gasteiger partial charge in [0.15, 0.2) is 0 Å². The molecule has 1 rings (SSSR count). The number of halogens is 1. The van der Waals surface area contributed by atoms with Crippen molar-refractivity contribution in [1.82, 2.24) is 5.32 Å². The summed E-state index contributed by atoms with van der Waals surface area (Å²) in [5.41, 5.74) is 1.94. The quantitative estimate of drug-likeness (QED) is 0.724. The molecule has 0 aromatic heterocycles. The van der Waals surface area contributed by atoms with E-state index >= 15 is 0 Å². The third-order valence-corrected chi connectivity index (χ3v) is 1.92. The fourth-order valence-electron chi connectivity index (χ4n) is 1.12. The fourth-order valence-corrected chi connectivity index (χ4v) is 1.41. The minimum atomic E-state index is -0.0772. The Morgan fingerprint density at radius 2 is 2.20 bits per heavy atom. The predicted molar refractivity (Wildman–Crippen MR) is 61.8 cm³/mol. The number of hydrogen-bond donors (Lipinski definition) is 1. The number of rotatable bonds is 1. The summed E-state index contributed by atoms with van der Waals surface area (Å²) in [5, 5.41) is 3.28. The van der Waals surface area contributed by atoms with Crippen molar-refractivity contribution in [3.8, 4) is 11.8 Å². The van der Waals surface area contributed by atoms with E-state index in [-0.39, 0.29) is 5.91 Å². The first-order valence-electron chi connectivity index (χ1n) is 4.58. The lowest BCUT2D eigenvalue weighted by atomic mass is 10.1. The van der Waals surface area contributed by atoms with Crippen molar-refractivity contribution in [2.45, 2.75) is 13.8 Å². The first-order valence-corrected chi connectivity index (χ1v) is 4.96. The molecule has 0 saturated carbocycles. The Morgan fingerprint density at radius 1 is 1.47 bits per heavy atom. The van der Waals surface area contributed by atoms with E-state index in [0.717, 1.165) is 11.1 Å². The van der Waals surface area contributed by atoms with E-state index in [0.29, 0.717) is 11.6 Å². The summed E-state index contributed by atoms with van der Waals surface area (Å²) >= 11 is 5.88. The average molecular weight is 222 g/mol. The van der Waals surface area contributed by atoms with Crippen molar-refractivity contribution >= 4 is 17.5 Å². The monoisotopic (exact) mass is 221 g/mol. The molecule has 0 radical (unpaired) electrons. The fraction of sp³-hybridized carbons (Fsp3) is 0.250. The van der Waals surface area contributed by atoms with Gasteiger partial charge in [0.05, 0.1) is 6.54 Å². The molecule has 0 bridgehead atoms. The number of nitrogens with one attached hydrogen (secondary N) is 1. The molecule has 2 nitrogen and oxygen atoms in total. The van der Waals surface area contributed by atoms with Crippen LogP contribution in [0, 0.1) is 18.8 Å². The highest BCUT2D eigenvalue weighted by molar-refractivity contribution is 6.30. The second-order valence-electron chi connectivity index (χ2n) is 3.23. The Bertz CT molecular complexity index is 409. The van der Waals surface area contributed by atoms with Gasteiger partial charge in [0.2, 0.25) is 5.91 Å². The predicted octanol–water partition coefficient (Wildman–Crippen LogP) is 2.14. The zero-order valence-electron chi connectivity index (χ0n) is 8.73. The molecule has 0 fully saturated rings. The second-order valence-corrected chi connectivity index (χ2v) is 3.67. The van der Waals surface area contributed by atoms with Gasteiger partial charge in [-0.3, -0.25) is 4.79 Å². The van der Waals surface area contributed by atoms with E-state index in [2.05, 4.69) is 17.2 Å². The lowest BCUT2D eigenvalue weighted by Gasteiger charge is -1.96. The molecule has 1 N–H and O–H groups in total. The summed E-state index contributed by atoms with van der Waals surface area (Å²) in [6.07, 6.45) is 0. The molecule has 15 heavy (non-hydrogen) atoms. The highest BCUT2D eigenvalue weighted by Crippen LogP contribution is 2.13. The summed E-state index contributed by atoms with van der Waals surface area (Å²) in [6, 6.07) is 5.63. The Hall–Kier alpha value is -1.46. The molecule has 0 atom stereocenters. The van der Waals surface area contributed by atoms with Gasteiger partial charge < -0.3 is 5.32 Å². The minimum absolute atomic E-state index is 0.0772. The van der Waals surface area contributed by atoms with Crippen LogP contribution in [0.25, 0.3) is 0 Å². The molecule has 1 amide bonds. The van der Waals surface area contributed by atoms with E-state index < -0.39 is 0 Å². The van der Waals surface area contributed by atoms with Crippen LogP contribution in [-0.2, 0) is 4.79 Å². The molecular formula is C12H12ClNO. The molecule has 0 saturated heterocycles. The number of benzene rings is 1. The van der Waals surface area contributed by atoms with Crippen molar-refractivity contribution in [3.63, 3.8) is 0 Å².